The summed E-state index contributed by atoms with van der Waals surface area (Å²) >= 11 is 6.38. The Hall–Kier alpha value is -1.11. The highest BCUT2D eigenvalue weighted by atomic mass is 35.5. The van der Waals surface area contributed by atoms with Gasteiger partial charge in [0, 0.05) is 50.9 Å². The number of ether oxygens (including phenoxy) is 1. The van der Waals surface area contributed by atoms with E-state index in [2.05, 4.69) is 27.1 Å². The van der Waals surface area contributed by atoms with Crippen molar-refractivity contribution >= 4 is 17.5 Å². The highest BCUT2D eigenvalue weighted by Crippen LogP contribution is 2.54. The maximum atomic E-state index is 11.7. The number of H-pyrrole nitrogens is 1. The first-order valence-corrected chi connectivity index (χ1v) is 10.8. The monoisotopic (exact) mass is 394 g/mol. The topological polar surface area (TPSA) is 70.2 Å². The number of unbranched alkanes of at least 4 members (excludes halogenated alkanes) is 1. The molecule has 2 bridgehead atoms. The fourth-order valence-corrected chi connectivity index (χ4v) is 5.48. The van der Waals surface area contributed by atoms with Crippen LogP contribution in [0.1, 0.15) is 57.5 Å². The van der Waals surface area contributed by atoms with Gasteiger partial charge in [-0.15, -0.1) is 0 Å². The summed E-state index contributed by atoms with van der Waals surface area (Å²) in [5, 5.41) is 3.69. The molecule has 0 radical (unpaired) electrons. The Bertz CT molecular complexity index is 694. The molecular formula is C20H31ClN4O2. The van der Waals surface area contributed by atoms with Crippen LogP contribution in [0.25, 0.3) is 0 Å². The van der Waals surface area contributed by atoms with Crippen LogP contribution in [0.5, 0.6) is 0 Å². The van der Waals surface area contributed by atoms with Gasteiger partial charge in [-0.1, -0.05) is 31.9 Å². The number of fused-ring (bicyclic) bond motifs is 1. The standard InChI is InChI=1S/C20H31ClN4O2/c1-3-5-6-17-23-15(19(21)24-17)11-25-10-14-13(9-22-18(26)4-2)16-7-8-20(14,12-25)27-16/h13-14,16H,3-12H2,1-2H3,(H,22,26)(H,23,24)/t13-,14+,16+,20+/m0/s1. The van der Waals surface area contributed by atoms with Crippen LogP contribution in [0.2, 0.25) is 5.15 Å². The Morgan fingerprint density at radius 3 is 3.11 bits per heavy atom. The minimum atomic E-state index is -0.0240. The second-order valence-corrected chi connectivity index (χ2v) is 8.77. The maximum absolute atomic E-state index is 11.7. The van der Waals surface area contributed by atoms with Gasteiger partial charge in [-0.3, -0.25) is 9.69 Å². The predicted octanol–water partition coefficient (Wildman–Crippen LogP) is 2.91. The zero-order chi connectivity index (χ0) is 19.0. The SMILES string of the molecule is CCCCc1nc(Cl)c(CN2C[C@@H]3[C@H](CNC(=O)CC)[C@H]4CC[C@]3(C2)O4)[nH]1. The number of hydrogen-bond donors (Lipinski definition) is 2. The first-order chi connectivity index (χ1) is 13.0. The molecule has 0 unspecified atom stereocenters. The molecule has 27 heavy (non-hydrogen) atoms. The molecule has 0 saturated carbocycles. The number of rotatable bonds is 8. The Kier molecular flexibility index (Phi) is 5.50. The Morgan fingerprint density at radius 1 is 1.48 bits per heavy atom. The van der Waals surface area contributed by atoms with E-state index in [-0.39, 0.29) is 11.5 Å². The van der Waals surface area contributed by atoms with Crippen molar-refractivity contribution in [2.75, 3.05) is 19.6 Å². The third-order valence-electron chi connectivity index (χ3n) is 6.64. The summed E-state index contributed by atoms with van der Waals surface area (Å²) in [4.78, 5) is 22.1. The molecular weight excluding hydrogens is 364 g/mol. The Labute approximate surface area is 166 Å². The molecule has 4 rings (SSSR count). The van der Waals surface area contributed by atoms with Crippen LogP contribution in [0.4, 0.5) is 0 Å². The van der Waals surface area contributed by atoms with Gasteiger partial charge in [-0.25, -0.2) is 4.98 Å². The number of nitrogens with one attached hydrogen (secondary N) is 2. The number of hydrogen-bond acceptors (Lipinski definition) is 4. The zero-order valence-corrected chi connectivity index (χ0v) is 17.1. The van der Waals surface area contributed by atoms with Crippen molar-refractivity contribution in [2.24, 2.45) is 11.8 Å². The summed E-state index contributed by atoms with van der Waals surface area (Å²) < 4.78 is 6.47. The average molecular weight is 395 g/mol. The van der Waals surface area contributed by atoms with Gasteiger partial charge in [0.2, 0.25) is 5.91 Å². The number of aromatic amines is 1. The van der Waals surface area contributed by atoms with E-state index in [0.717, 1.165) is 69.8 Å². The molecule has 3 fully saturated rings. The molecule has 3 aliphatic heterocycles. The quantitative estimate of drug-likeness (QED) is 0.711. The van der Waals surface area contributed by atoms with Crippen LogP contribution in [-0.2, 0) is 22.5 Å². The van der Waals surface area contributed by atoms with E-state index in [4.69, 9.17) is 16.3 Å². The lowest BCUT2D eigenvalue weighted by molar-refractivity contribution is -0.121. The molecule has 150 valence electrons. The third kappa shape index (κ3) is 3.64. The van der Waals surface area contributed by atoms with Gasteiger partial charge < -0.3 is 15.0 Å². The van der Waals surface area contributed by atoms with Crippen LogP contribution in [0.3, 0.4) is 0 Å². The number of carbonyl (C=O) groups is 1. The summed E-state index contributed by atoms with van der Waals surface area (Å²) in [7, 11) is 0. The van der Waals surface area contributed by atoms with Crippen molar-refractivity contribution in [1.29, 1.82) is 0 Å². The molecule has 0 aromatic carbocycles. The van der Waals surface area contributed by atoms with E-state index in [1.807, 2.05) is 6.92 Å². The van der Waals surface area contributed by atoms with Crippen LogP contribution in [-0.4, -0.2) is 52.1 Å². The van der Waals surface area contributed by atoms with Crippen molar-refractivity contribution in [3.05, 3.63) is 16.7 Å². The number of carbonyl (C=O) groups excluding carboxylic acids is 1. The van der Waals surface area contributed by atoms with E-state index in [0.29, 0.717) is 29.5 Å². The van der Waals surface area contributed by atoms with E-state index in [9.17, 15) is 4.79 Å². The minimum absolute atomic E-state index is 0.0240. The van der Waals surface area contributed by atoms with Crippen molar-refractivity contribution in [1.82, 2.24) is 20.2 Å². The van der Waals surface area contributed by atoms with Gasteiger partial charge in [0.05, 0.1) is 17.4 Å². The molecule has 1 aromatic heterocycles. The number of imidazole rings is 1. The summed E-state index contributed by atoms with van der Waals surface area (Å²) in [6.45, 7) is 7.56. The summed E-state index contributed by atoms with van der Waals surface area (Å²) in [5.41, 5.74) is 0.994. The van der Waals surface area contributed by atoms with Crippen LogP contribution in [0.15, 0.2) is 0 Å². The minimum Gasteiger partial charge on any atom is -0.370 e. The summed E-state index contributed by atoms with van der Waals surface area (Å²) in [6, 6.07) is 0. The highest BCUT2D eigenvalue weighted by molar-refractivity contribution is 6.30. The lowest BCUT2D eigenvalue weighted by atomic mass is 9.73. The lowest BCUT2D eigenvalue weighted by Gasteiger charge is -2.29. The van der Waals surface area contributed by atoms with Gasteiger partial charge in [0.25, 0.3) is 0 Å². The average Bonchev–Trinajstić information content (AvgIpc) is 3.38. The Balaban J connectivity index is 1.40. The second-order valence-electron chi connectivity index (χ2n) is 8.41. The molecule has 4 heterocycles. The van der Waals surface area contributed by atoms with Crippen molar-refractivity contribution < 1.29 is 9.53 Å². The number of nitrogens with zero attached hydrogens (tertiary/aromatic N) is 2. The number of likely N-dealkylation sites (tertiary alicyclic amines) is 1. The molecule has 0 aliphatic carbocycles. The van der Waals surface area contributed by atoms with Crippen LogP contribution in [0, 0.1) is 11.8 Å². The molecule has 4 atom stereocenters. The molecule has 1 aromatic rings. The van der Waals surface area contributed by atoms with E-state index in [1.54, 1.807) is 0 Å². The van der Waals surface area contributed by atoms with E-state index < -0.39 is 0 Å². The molecule has 1 spiro atoms. The first kappa shape index (κ1) is 19.2. The Morgan fingerprint density at radius 2 is 2.33 bits per heavy atom. The molecule has 7 heteroatoms. The number of halogens is 1. The third-order valence-corrected chi connectivity index (χ3v) is 6.95. The van der Waals surface area contributed by atoms with Crippen LogP contribution < -0.4 is 5.32 Å². The number of aromatic nitrogens is 2. The van der Waals surface area contributed by atoms with Crippen molar-refractivity contribution in [3.63, 3.8) is 0 Å². The smallest absolute Gasteiger partial charge is 0.219 e. The summed E-state index contributed by atoms with van der Waals surface area (Å²) in [5.74, 6) is 2.04. The van der Waals surface area contributed by atoms with Crippen LogP contribution >= 0.6 is 11.6 Å². The summed E-state index contributed by atoms with van der Waals surface area (Å²) in [6.07, 6.45) is 6.33. The molecule has 3 saturated heterocycles. The number of amides is 1. The molecule has 2 N–H and O–H groups in total. The first-order valence-electron chi connectivity index (χ1n) is 10.4. The highest BCUT2D eigenvalue weighted by Gasteiger charge is 2.62. The van der Waals surface area contributed by atoms with Gasteiger partial charge >= 0.3 is 0 Å². The molecule has 1 amide bonds. The predicted molar refractivity (Wildman–Crippen MR) is 105 cm³/mol. The molecule has 3 aliphatic rings. The van der Waals surface area contributed by atoms with Crippen molar-refractivity contribution in [3.8, 4) is 0 Å². The normalized spacial score (nSPS) is 32.2. The zero-order valence-electron chi connectivity index (χ0n) is 16.4. The largest absolute Gasteiger partial charge is 0.370 e. The van der Waals surface area contributed by atoms with Gasteiger partial charge in [0.1, 0.15) is 5.82 Å². The lowest BCUT2D eigenvalue weighted by Crippen LogP contribution is -2.41. The fourth-order valence-electron chi connectivity index (χ4n) is 5.27. The van der Waals surface area contributed by atoms with Gasteiger partial charge in [0.15, 0.2) is 5.15 Å². The maximum Gasteiger partial charge on any atom is 0.219 e. The molecule has 6 nitrogen and oxygen atoms in total. The van der Waals surface area contributed by atoms with Crippen molar-refractivity contribution in [2.45, 2.75) is 70.6 Å². The van der Waals surface area contributed by atoms with Gasteiger partial charge in [-0.05, 0) is 19.3 Å². The fraction of sp³-hybridized carbons (Fsp3) is 0.800. The van der Waals surface area contributed by atoms with E-state index in [1.165, 1.54) is 0 Å². The van der Waals surface area contributed by atoms with E-state index >= 15 is 0 Å². The second kappa shape index (κ2) is 7.72. The van der Waals surface area contributed by atoms with Gasteiger partial charge in [-0.2, -0.15) is 0 Å². The number of aryl methyl sites for hydroxylation is 1.